The van der Waals surface area contributed by atoms with Crippen LogP contribution in [0.4, 0.5) is 10.1 Å². The molecule has 1 unspecified atom stereocenters. The van der Waals surface area contributed by atoms with E-state index in [9.17, 15) is 14.0 Å². The van der Waals surface area contributed by atoms with E-state index in [1.807, 2.05) is 13.8 Å². The van der Waals surface area contributed by atoms with Gasteiger partial charge in [-0.05, 0) is 51.5 Å². The fourth-order valence-corrected chi connectivity index (χ4v) is 1.43. The Morgan fingerprint density at radius 1 is 1.20 bits per heavy atom. The Morgan fingerprint density at radius 3 is 2.25 bits per heavy atom. The van der Waals surface area contributed by atoms with Crippen molar-refractivity contribution >= 4 is 17.5 Å². The van der Waals surface area contributed by atoms with E-state index in [4.69, 9.17) is 0 Å². The molecule has 0 aliphatic rings. The second kappa shape index (κ2) is 6.50. The molecule has 1 atom stereocenters. The number of anilines is 1. The van der Waals surface area contributed by atoms with Gasteiger partial charge < -0.3 is 10.6 Å². The molecule has 0 spiro atoms. The Kier molecular flexibility index (Phi) is 5.25. The Bertz CT molecular complexity index is 483. The predicted molar refractivity (Wildman–Crippen MR) is 76.7 cm³/mol. The number of hydrogen-bond acceptors (Lipinski definition) is 2. The van der Waals surface area contributed by atoms with E-state index in [2.05, 4.69) is 10.6 Å². The summed E-state index contributed by atoms with van der Waals surface area (Å²) in [5, 5.41) is 5.40. The number of benzene rings is 1. The summed E-state index contributed by atoms with van der Waals surface area (Å²) >= 11 is 0. The lowest BCUT2D eigenvalue weighted by Crippen LogP contribution is -2.47. The summed E-state index contributed by atoms with van der Waals surface area (Å²) in [6, 6.07) is 5.43. The van der Waals surface area contributed by atoms with Gasteiger partial charge >= 0.3 is 0 Å². The molecule has 0 heterocycles. The van der Waals surface area contributed by atoms with Gasteiger partial charge in [0.1, 0.15) is 11.2 Å². The molecule has 2 N–H and O–H groups in total. The lowest BCUT2D eigenvalue weighted by Gasteiger charge is -2.24. The molecule has 0 saturated heterocycles. The molecular formula is C15H21FN2O2. The largest absolute Gasteiger partial charge is 0.353 e. The lowest BCUT2D eigenvalue weighted by atomic mass is 9.90. The highest BCUT2D eigenvalue weighted by Gasteiger charge is 2.36. The Labute approximate surface area is 118 Å². The van der Waals surface area contributed by atoms with Crippen LogP contribution in [0, 0.1) is 11.2 Å². The normalized spacial score (nSPS) is 12.7. The van der Waals surface area contributed by atoms with Gasteiger partial charge in [-0.15, -0.1) is 0 Å². The maximum atomic E-state index is 12.8. The fraction of sp³-hybridized carbons (Fsp3) is 0.467. The second-order valence-corrected chi connectivity index (χ2v) is 5.37. The summed E-state index contributed by atoms with van der Waals surface area (Å²) < 4.78 is 12.8. The van der Waals surface area contributed by atoms with Crippen LogP contribution in [-0.2, 0) is 9.59 Å². The quantitative estimate of drug-likeness (QED) is 0.815. The van der Waals surface area contributed by atoms with Gasteiger partial charge in [-0.3, -0.25) is 9.59 Å². The average Bonchev–Trinajstić information content (AvgIpc) is 2.40. The van der Waals surface area contributed by atoms with Crippen LogP contribution in [0.5, 0.6) is 0 Å². The van der Waals surface area contributed by atoms with Gasteiger partial charge in [0, 0.05) is 11.7 Å². The summed E-state index contributed by atoms with van der Waals surface area (Å²) in [6.45, 7) is 6.95. The highest BCUT2D eigenvalue weighted by Crippen LogP contribution is 2.19. The van der Waals surface area contributed by atoms with Crippen molar-refractivity contribution in [1.82, 2.24) is 5.32 Å². The molecule has 0 saturated carbocycles. The molecule has 0 aliphatic carbocycles. The Balaban J connectivity index is 2.73. The smallest absolute Gasteiger partial charge is 0.239 e. The molecule has 0 radical (unpaired) electrons. The number of nitrogens with one attached hydrogen (secondary N) is 2. The number of carbonyl (C=O) groups is 2. The monoisotopic (exact) mass is 280 g/mol. The van der Waals surface area contributed by atoms with E-state index in [-0.39, 0.29) is 17.8 Å². The zero-order valence-corrected chi connectivity index (χ0v) is 12.3. The van der Waals surface area contributed by atoms with E-state index in [1.165, 1.54) is 24.3 Å². The van der Waals surface area contributed by atoms with Crippen molar-refractivity contribution < 1.29 is 14.0 Å². The van der Waals surface area contributed by atoms with Crippen LogP contribution in [0.15, 0.2) is 24.3 Å². The van der Waals surface area contributed by atoms with E-state index in [1.54, 1.807) is 13.8 Å². The minimum atomic E-state index is -1.20. The van der Waals surface area contributed by atoms with Crippen LogP contribution >= 0.6 is 0 Å². The van der Waals surface area contributed by atoms with E-state index in [0.29, 0.717) is 5.69 Å². The molecule has 0 bridgehead atoms. The van der Waals surface area contributed by atoms with Crippen molar-refractivity contribution in [3.8, 4) is 0 Å². The van der Waals surface area contributed by atoms with Crippen molar-refractivity contribution in [2.24, 2.45) is 5.41 Å². The van der Waals surface area contributed by atoms with Crippen molar-refractivity contribution in [1.29, 1.82) is 0 Å². The molecule has 1 aromatic rings. The van der Waals surface area contributed by atoms with Crippen LogP contribution in [0.25, 0.3) is 0 Å². The molecule has 0 fully saturated rings. The molecule has 20 heavy (non-hydrogen) atoms. The van der Waals surface area contributed by atoms with E-state index >= 15 is 0 Å². The molecule has 1 aromatic carbocycles. The topological polar surface area (TPSA) is 58.2 Å². The van der Waals surface area contributed by atoms with Gasteiger partial charge in [0.05, 0.1) is 0 Å². The maximum Gasteiger partial charge on any atom is 0.239 e. The molecule has 1 rings (SSSR count). The first-order chi connectivity index (χ1) is 9.27. The summed E-state index contributed by atoms with van der Waals surface area (Å²) in [6.07, 6.45) is 0.793. The average molecular weight is 280 g/mol. The zero-order valence-electron chi connectivity index (χ0n) is 12.3. The van der Waals surface area contributed by atoms with Crippen LogP contribution in [0.1, 0.15) is 34.1 Å². The maximum absolute atomic E-state index is 12.8. The van der Waals surface area contributed by atoms with Gasteiger partial charge in [-0.25, -0.2) is 4.39 Å². The zero-order chi connectivity index (χ0) is 15.3. The van der Waals surface area contributed by atoms with Gasteiger partial charge in [0.15, 0.2) is 0 Å². The molecular weight excluding hydrogens is 259 g/mol. The van der Waals surface area contributed by atoms with E-state index in [0.717, 1.165) is 6.42 Å². The Morgan fingerprint density at radius 2 is 1.75 bits per heavy atom. The molecule has 110 valence electrons. The molecule has 0 aromatic heterocycles. The van der Waals surface area contributed by atoms with Gasteiger partial charge in [-0.2, -0.15) is 0 Å². The fourth-order valence-electron chi connectivity index (χ4n) is 1.43. The summed E-state index contributed by atoms with van der Waals surface area (Å²) in [4.78, 5) is 24.3. The first kappa shape index (κ1) is 16.1. The van der Waals surface area contributed by atoms with Crippen molar-refractivity contribution in [2.75, 3.05) is 5.32 Å². The van der Waals surface area contributed by atoms with Gasteiger partial charge in [0.2, 0.25) is 11.8 Å². The highest BCUT2D eigenvalue weighted by atomic mass is 19.1. The number of hydrogen-bond donors (Lipinski definition) is 2. The lowest BCUT2D eigenvalue weighted by molar-refractivity contribution is -0.138. The molecule has 0 aliphatic heterocycles. The number of halogens is 1. The molecule has 5 heteroatoms. The summed E-state index contributed by atoms with van der Waals surface area (Å²) in [7, 11) is 0. The number of carbonyl (C=O) groups excluding carboxylic acids is 2. The first-order valence-electron chi connectivity index (χ1n) is 6.65. The number of rotatable bonds is 5. The van der Waals surface area contributed by atoms with Crippen LogP contribution in [-0.4, -0.2) is 17.9 Å². The van der Waals surface area contributed by atoms with Crippen molar-refractivity contribution in [3.63, 3.8) is 0 Å². The third kappa shape index (κ3) is 4.05. The molecule has 4 nitrogen and oxygen atoms in total. The van der Waals surface area contributed by atoms with Gasteiger partial charge in [0.25, 0.3) is 0 Å². The third-order valence-electron chi connectivity index (χ3n) is 3.23. The van der Waals surface area contributed by atoms with Crippen LogP contribution in [0.3, 0.4) is 0 Å². The van der Waals surface area contributed by atoms with Crippen LogP contribution in [0.2, 0.25) is 0 Å². The van der Waals surface area contributed by atoms with Crippen LogP contribution < -0.4 is 10.6 Å². The second-order valence-electron chi connectivity index (χ2n) is 5.37. The minimum Gasteiger partial charge on any atom is -0.353 e. The number of amides is 2. The Hall–Kier alpha value is -1.91. The SMILES string of the molecule is CCC(C)NC(=O)C(C)(C)C(=O)Nc1ccc(F)cc1. The third-order valence-corrected chi connectivity index (χ3v) is 3.23. The molecule has 2 amide bonds. The predicted octanol–water partition coefficient (Wildman–Crippen LogP) is 2.71. The first-order valence-corrected chi connectivity index (χ1v) is 6.65. The van der Waals surface area contributed by atoms with Gasteiger partial charge in [-0.1, -0.05) is 6.92 Å². The van der Waals surface area contributed by atoms with E-state index < -0.39 is 11.3 Å². The highest BCUT2D eigenvalue weighted by molar-refractivity contribution is 6.09. The summed E-state index contributed by atoms with van der Waals surface area (Å²) in [5.74, 6) is -1.13. The minimum absolute atomic E-state index is 0.0143. The summed E-state index contributed by atoms with van der Waals surface area (Å²) in [5.41, 5.74) is -0.738. The standard InChI is InChI=1S/C15H21FN2O2/c1-5-10(2)17-13(19)15(3,4)14(20)18-12-8-6-11(16)7-9-12/h6-10H,5H2,1-4H3,(H,17,19)(H,18,20). The van der Waals surface area contributed by atoms with Crippen molar-refractivity contribution in [2.45, 2.75) is 40.2 Å². The van der Waals surface area contributed by atoms with Crippen molar-refractivity contribution in [3.05, 3.63) is 30.1 Å².